The highest BCUT2D eigenvalue weighted by molar-refractivity contribution is 5.69. The van der Waals surface area contributed by atoms with E-state index in [1.807, 2.05) is 0 Å². The van der Waals surface area contributed by atoms with Crippen molar-refractivity contribution in [2.75, 3.05) is 0 Å². The fraction of sp³-hybridized carbons (Fsp3) is 0.529. The van der Waals surface area contributed by atoms with Crippen LogP contribution >= 0.6 is 0 Å². The number of hydrogen-bond acceptors (Lipinski definition) is 1. The second-order valence-electron chi connectivity index (χ2n) is 5.66. The van der Waals surface area contributed by atoms with E-state index in [4.69, 9.17) is 0 Å². The summed E-state index contributed by atoms with van der Waals surface area (Å²) in [6.45, 7) is 7.59. The van der Waals surface area contributed by atoms with Crippen LogP contribution in [0.3, 0.4) is 0 Å². The van der Waals surface area contributed by atoms with Crippen molar-refractivity contribution >= 4 is 5.57 Å². The van der Waals surface area contributed by atoms with Crippen molar-refractivity contribution in [3.63, 3.8) is 0 Å². The van der Waals surface area contributed by atoms with Crippen LogP contribution in [0.4, 0.5) is 0 Å². The molecule has 0 amide bonds. The highest BCUT2D eigenvalue weighted by Crippen LogP contribution is 2.29. The Morgan fingerprint density at radius 2 is 2.06 bits per heavy atom. The lowest BCUT2D eigenvalue weighted by atomic mass is 9.90. The monoisotopic (exact) mass is 243 g/mol. The molecule has 0 saturated carbocycles. The molecule has 0 unspecified atom stereocenters. The Bertz CT molecular complexity index is 429. The molecular formula is C17H25N. The normalized spacial score (nSPS) is 15.9. The van der Waals surface area contributed by atoms with Crippen LogP contribution in [-0.4, -0.2) is 6.04 Å². The highest BCUT2D eigenvalue weighted by atomic mass is 14.9. The molecule has 1 aromatic rings. The Morgan fingerprint density at radius 3 is 2.67 bits per heavy atom. The van der Waals surface area contributed by atoms with Crippen molar-refractivity contribution in [3.8, 4) is 0 Å². The van der Waals surface area contributed by atoms with Gasteiger partial charge in [-0.2, -0.15) is 0 Å². The molecule has 0 spiro atoms. The fourth-order valence-electron chi connectivity index (χ4n) is 2.60. The summed E-state index contributed by atoms with van der Waals surface area (Å²) in [5.74, 6) is 0. The minimum absolute atomic E-state index is 0.547. The maximum atomic E-state index is 3.47. The number of rotatable bonds is 4. The summed E-state index contributed by atoms with van der Waals surface area (Å²) in [7, 11) is 0. The highest BCUT2D eigenvalue weighted by Gasteiger charge is 2.09. The molecule has 0 saturated heterocycles. The standard InChI is InChI=1S/C17H25N/c1-13(2)18-12-15-9-10-17(14(3)11-15)16-7-5-4-6-8-16/h7,9-11,13,18H,4-6,8,12H2,1-3H3. The lowest BCUT2D eigenvalue weighted by Gasteiger charge is -2.16. The minimum atomic E-state index is 0.547. The fourth-order valence-corrected chi connectivity index (χ4v) is 2.60. The summed E-state index contributed by atoms with van der Waals surface area (Å²) >= 11 is 0. The molecule has 1 heteroatoms. The van der Waals surface area contributed by atoms with Crippen LogP contribution in [0, 0.1) is 6.92 Å². The Kier molecular flexibility index (Phi) is 4.60. The lowest BCUT2D eigenvalue weighted by molar-refractivity contribution is 0.588. The number of benzene rings is 1. The van der Waals surface area contributed by atoms with Gasteiger partial charge in [-0.05, 0) is 54.9 Å². The molecule has 0 atom stereocenters. The Balaban J connectivity index is 2.12. The number of allylic oxidation sites excluding steroid dienone is 2. The van der Waals surface area contributed by atoms with Gasteiger partial charge in [-0.3, -0.25) is 0 Å². The number of nitrogens with one attached hydrogen (secondary N) is 1. The zero-order valence-electron chi connectivity index (χ0n) is 11.9. The van der Waals surface area contributed by atoms with Gasteiger partial charge in [0, 0.05) is 12.6 Å². The van der Waals surface area contributed by atoms with Crippen LogP contribution in [0.15, 0.2) is 24.3 Å². The van der Waals surface area contributed by atoms with Gasteiger partial charge >= 0.3 is 0 Å². The summed E-state index contributed by atoms with van der Waals surface area (Å²) in [5.41, 5.74) is 5.83. The predicted octanol–water partition coefficient (Wildman–Crippen LogP) is 4.45. The van der Waals surface area contributed by atoms with Crippen molar-refractivity contribution in [2.45, 2.75) is 59.0 Å². The van der Waals surface area contributed by atoms with E-state index in [0.717, 1.165) is 6.54 Å². The van der Waals surface area contributed by atoms with Crippen LogP contribution in [0.5, 0.6) is 0 Å². The average molecular weight is 243 g/mol. The van der Waals surface area contributed by atoms with Gasteiger partial charge in [-0.1, -0.05) is 38.1 Å². The van der Waals surface area contributed by atoms with Gasteiger partial charge in [0.05, 0.1) is 0 Å². The van der Waals surface area contributed by atoms with Crippen LogP contribution in [0.1, 0.15) is 56.2 Å². The maximum Gasteiger partial charge on any atom is 0.0207 e. The lowest BCUT2D eigenvalue weighted by Crippen LogP contribution is -2.21. The molecule has 1 N–H and O–H groups in total. The first-order valence-corrected chi connectivity index (χ1v) is 7.19. The molecule has 1 nitrogen and oxygen atoms in total. The zero-order valence-corrected chi connectivity index (χ0v) is 11.9. The van der Waals surface area contributed by atoms with E-state index < -0.39 is 0 Å². The first kappa shape index (κ1) is 13.4. The molecule has 1 aliphatic rings. The van der Waals surface area contributed by atoms with E-state index in [0.29, 0.717) is 6.04 Å². The Labute approximate surface area is 111 Å². The number of aryl methyl sites for hydroxylation is 1. The van der Waals surface area contributed by atoms with Gasteiger partial charge in [0.2, 0.25) is 0 Å². The summed E-state index contributed by atoms with van der Waals surface area (Å²) in [6.07, 6.45) is 7.65. The molecule has 1 aliphatic carbocycles. The molecule has 0 aromatic heterocycles. The van der Waals surface area contributed by atoms with E-state index in [1.54, 1.807) is 5.57 Å². The smallest absolute Gasteiger partial charge is 0.0207 e. The van der Waals surface area contributed by atoms with Gasteiger partial charge in [0.15, 0.2) is 0 Å². The van der Waals surface area contributed by atoms with E-state index in [9.17, 15) is 0 Å². The van der Waals surface area contributed by atoms with Crippen molar-refractivity contribution in [1.29, 1.82) is 0 Å². The summed E-state index contributed by atoms with van der Waals surface area (Å²) in [6, 6.07) is 7.46. The maximum absolute atomic E-state index is 3.47. The molecular weight excluding hydrogens is 218 g/mol. The first-order chi connectivity index (χ1) is 8.66. The van der Waals surface area contributed by atoms with Crippen LogP contribution in [-0.2, 0) is 6.54 Å². The minimum Gasteiger partial charge on any atom is -0.310 e. The van der Waals surface area contributed by atoms with E-state index in [2.05, 4.69) is 50.4 Å². The molecule has 98 valence electrons. The molecule has 0 fully saturated rings. The first-order valence-electron chi connectivity index (χ1n) is 7.19. The SMILES string of the molecule is Cc1cc(CNC(C)C)ccc1C1=CCCCC1. The van der Waals surface area contributed by atoms with E-state index in [-0.39, 0.29) is 0 Å². The number of hydrogen-bond donors (Lipinski definition) is 1. The van der Waals surface area contributed by atoms with Gasteiger partial charge in [0.25, 0.3) is 0 Å². The molecule has 18 heavy (non-hydrogen) atoms. The van der Waals surface area contributed by atoms with Gasteiger partial charge < -0.3 is 5.32 Å². The van der Waals surface area contributed by atoms with Crippen molar-refractivity contribution in [2.24, 2.45) is 0 Å². The molecule has 0 bridgehead atoms. The quantitative estimate of drug-likeness (QED) is 0.823. The van der Waals surface area contributed by atoms with Crippen LogP contribution in [0.25, 0.3) is 5.57 Å². The topological polar surface area (TPSA) is 12.0 Å². The molecule has 2 rings (SSSR count). The average Bonchev–Trinajstić information content (AvgIpc) is 2.37. The van der Waals surface area contributed by atoms with E-state index in [1.165, 1.54) is 42.4 Å². The van der Waals surface area contributed by atoms with Crippen molar-refractivity contribution < 1.29 is 0 Å². The van der Waals surface area contributed by atoms with E-state index >= 15 is 0 Å². The molecule has 0 radical (unpaired) electrons. The van der Waals surface area contributed by atoms with Crippen molar-refractivity contribution in [3.05, 3.63) is 41.0 Å². The second-order valence-corrected chi connectivity index (χ2v) is 5.66. The predicted molar refractivity (Wildman–Crippen MR) is 79.6 cm³/mol. The third-order valence-electron chi connectivity index (χ3n) is 3.64. The van der Waals surface area contributed by atoms with Crippen LogP contribution in [0.2, 0.25) is 0 Å². The molecule has 0 heterocycles. The summed E-state index contributed by atoms with van der Waals surface area (Å²) in [5, 5.41) is 3.47. The third kappa shape index (κ3) is 3.46. The van der Waals surface area contributed by atoms with Crippen molar-refractivity contribution in [1.82, 2.24) is 5.32 Å². The van der Waals surface area contributed by atoms with Gasteiger partial charge in [-0.25, -0.2) is 0 Å². The van der Waals surface area contributed by atoms with Gasteiger partial charge in [0.1, 0.15) is 0 Å². The largest absolute Gasteiger partial charge is 0.310 e. The molecule has 0 aliphatic heterocycles. The summed E-state index contributed by atoms with van der Waals surface area (Å²) < 4.78 is 0. The third-order valence-corrected chi connectivity index (χ3v) is 3.64. The molecule has 1 aromatic carbocycles. The Hall–Kier alpha value is -1.08. The Morgan fingerprint density at radius 1 is 1.22 bits per heavy atom. The zero-order chi connectivity index (χ0) is 13.0. The van der Waals surface area contributed by atoms with Crippen LogP contribution < -0.4 is 5.32 Å². The van der Waals surface area contributed by atoms with Gasteiger partial charge in [-0.15, -0.1) is 0 Å². The summed E-state index contributed by atoms with van der Waals surface area (Å²) in [4.78, 5) is 0. The second kappa shape index (κ2) is 6.19.